The SMILES string of the molecule is COc1ccc(C(C)n2ncc(Cl)c2N)cc1F. The third-order valence-corrected chi connectivity index (χ3v) is 3.10. The van der Waals surface area contributed by atoms with Crippen molar-refractivity contribution in [2.45, 2.75) is 13.0 Å². The lowest BCUT2D eigenvalue weighted by Crippen LogP contribution is -2.11. The van der Waals surface area contributed by atoms with Crippen LogP contribution >= 0.6 is 11.6 Å². The van der Waals surface area contributed by atoms with Crippen LogP contribution in [0.5, 0.6) is 5.75 Å². The van der Waals surface area contributed by atoms with E-state index in [-0.39, 0.29) is 11.8 Å². The molecule has 1 aromatic carbocycles. The summed E-state index contributed by atoms with van der Waals surface area (Å²) >= 11 is 5.84. The van der Waals surface area contributed by atoms with Crippen molar-refractivity contribution in [2.75, 3.05) is 12.8 Å². The summed E-state index contributed by atoms with van der Waals surface area (Å²) in [5, 5.41) is 4.45. The van der Waals surface area contributed by atoms with Crippen LogP contribution < -0.4 is 10.5 Å². The van der Waals surface area contributed by atoms with Gasteiger partial charge in [-0.05, 0) is 24.6 Å². The number of rotatable bonds is 3. The molecule has 0 fully saturated rings. The van der Waals surface area contributed by atoms with Gasteiger partial charge >= 0.3 is 0 Å². The predicted octanol–water partition coefficient (Wildman–Crippen LogP) is 2.88. The zero-order chi connectivity index (χ0) is 13.3. The monoisotopic (exact) mass is 269 g/mol. The lowest BCUT2D eigenvalue weighted by molar-refractivity contribution is 0.385. The summed E-state index contributed by atoms with van der Waals surface area (Å²) in [7, 11) is 1.42. The van der Waals surface area contributed by atoms with E-state index in [0.29, 0.717) is 10.8 Å². The van der Waals surface area contributed by atoms with Gasteiger partial charge in [0.15, 0.2) is 11.6 Å². The van der Waals surface area contributed by atoms with Crippen molar-refractivity contribution in [3.05, 3.63) is 40.8 Å². The molecule has 0 radical (unpaired) electrons. The second kappa shape index (κ2) is 4.86. The van der Waals surface area contributed by atoms with Crippen molar-refractivity contribution in [1.82, 2.24) is 9.78 Å². The van der Waals surface area contributed by atoms with Gasteiger partial charge in [0.05, 0.1) is 19.3 Å². The van der Waals surface area contributed by atoms with E-state index in [1.807, 2.05) is 6.92 Å². The Morgan fingerprint density at radius 2 is 2.22 bits per heavy atom. The minimum atomic E-state index is -0.418. The van der Waals surface area contributed by atoms with Gasteiger partial charge in [-0.15, -0.1) is 0 Å². The molecule has 2 aromatic rings. The summed E-state index contributed by atoms with van der Waals surface area (Å²) in [5.41, 5.74) is 6.52. The topological polar surface area (TPSA) is 53.1 Å². The highest BCUT2D eigenvalue weighted by molar-refractivity contribution is 6.32. The molecule has 1 unspecified atom stereocenters. The van der Waals surface area contributed by atoms with Crippen molar-refractivity contribution in [1.29, 1.82) is 0 Å². The Balaban J connectivity index is 2.37. The minimum Gasteiger partial charge on any atom is -0.494 e. The third kappa shape index (κ3) is 2.13. The molecule has 1 heterocycles. The molecule has 1 atom stereocenters. The average molecular weight is 270 g/mol. The number of halogens is 2. The number of hydrogen-bond acceptors (Lipinski definition) is 3. The van der Waals surface area contributed by atoms with Crippen LogP contribution in [0, 0.1) is 5.82 Å². The van der Waals surface area contributed by atoms with Gasteiger partial charge in [-0.2, -0.15) is 5.10 Å². The molecule has 0 spiro atoms. The molecule has 18 heavy (non-hydrogen) atoms. The highest BCUT2D eigenvalue weighted by Crippen LogP contribution is 2.27. The first-order valence-corrected chi connectivity index (χ1v) is 5.74. The molecule has 0 aliphatic rings. The Kier molecular flexibility index (Phi) is 3.43. The first kappa shape index (κ1) is 12.7. The molecule has 0 bridgehead atoms. The van der Waals surface area contributed by atoms with Gasteiger partial charge < -0.3 is 10.5 Å². The number of aromatic nitrogens is 2. The van der Waals surface area contributed by atoms with Crippen molar-refractivity contribution in [3.63, 3.8) is 0 Å². The molecule has 6 heteroatoms. The summed E-state index contributed by atoms with van der Waals surface area (Å²) in [6, 6.07) is 4.53. The summed E-state index contributed by atoms with van der Waals surface area (Å²) in [5.74, 6) is 0.150. The Morgan fingerprint density at radius 3 is 2.72 bits per heavy atom. The van der Waals surface area contributed by atoms with Crippen molar-refractivity contribution >= 4 is 17.4 Å². The maximum absolute atomic E-state index is 13.6. The first-order chi connectivity index (χ1) is 8.54. The van der Waals surface area contributed by atoms with Gasteiger partial charge in [0.25, 0.3) is 0 Å². The van der Waals surface area contributed by atoms with E-state index < -0.39 is 5.82 Å². The molecule has 2 N–H and O–H groups in total. The zero-order valence-corrected chi connectivity index (χ0v) is 10.8. The smallest absolute Gasteiger partial charge is 0.165 e. The van der Waals surface area contributed by atoms with Crippen LogP contribution in [0.3, 0.4) is 0 Å². The van der Waals surface area contributed by atoms with Gasteiger partial charge in [-0.25, -0.2) is 9.07 Å². The Bertz CT molecular complexity index is 570. The first-order valence-electron chi connectivity index (χ1n) is 5.36. The van der Waals surface area contributed by atoms with Gasteiger partial charge in [0.2, 0.25) is 0 Å². The predicted molar refractivity (Wildman–Crippen MR) is 68.4 cm³/mol. The van der Waals surface area contributed by atoms with Crippen molar-refractivity contribution < 1.29 is 9.13 Å². The lowest BCUT2D eigenvalue weighted by atomic mass is 10.1. The van der Waals surface area contributed by atoms with Crippen LogP contribution in [0.4, 0.5) is 10.2 Å². The number of nitrogen functional groups attached to an aromatic ring is 1. The lowest BCUT2D eigenvalue weighted by Gasteiger charge is -2.15. The summed E-state index contributed by atoms with van der Waals surface area (Å²) in [6.45, 7) is 1.86. The van der Waals surface area contributed by atoms with E-state index in [1.54, 1.807) is 16.8 Å². The Hall–Kier alpha value is -1.75. The average Bonchev–Trinajstić information content (AvgIpc) is 2.69. The molecule has 2 rings (SSSR count). The maximum Gasteiger partial charge on any atom is 0.165 e. The highest BCUT2D eigenvalue weighted by atomic mass is 35.5. The van der Waals surface area contributed by atoms with E-state index in [1.165, 1.54) is 19.4 Å². The van der Waals surface area contributed by atoms with E-state index >= 15 is 0 Å². The van der Waals surface area contributed by atoms with Crippen LogP contribution in [0.25, 0.3) is 0 Å². The minimum absolute atomic E-state index is 0.206. The van der Waals surface area contributed by atoms with Crippen LogP contribution in [0.2, 0.25) is 5.02 Å². The maximum atomic E-state index is 13.6. The van der Waals surface area contributed by atoms with Crippen molar-refractivity contribution in [2.24, 2.45) is 0 Å². The Morgan fingerprint density at radius 1 is 1.50 bits per heavy atom. The van der Waals surface area contributed by atoms with Gasteiger partial charge in [-0.3, -0.25) is 0 Å². The molecule has 0 saturated carbocycles. The molecule has 0 saturated heterocycles. The normalized spacial score (nSPS) is 12.4. The quantitative estimate of drug-likeness (QED) is 0.932. The van der Waals surface area contributed by atoms with Crippen LogP contribution in [0.15, 0.2) is 24.4 Å². The zero-order valence-electron chi connectivity index (χ0n) is 10.0. The van der Waals surface area contributed by atoms with Crippen LogP contribution in [-0.2, 0) is 0 Å². The molecule has 0 amide bonds. The van der Waals surface area contributed by atoms with Gasteiger partial charge in [-0.1, -0.05) is 17.7 Å². The molecular weight excluding hydrogens is 257 g/mol. The number of nitrogens with zero attached hydrogens (tertiary/aromatic N) is 2. The number of anilines is 1. The molecule has 4 nitrogen and oxygen atoms in total. The summed E-state index contributed by atoms with van der Waals surface area (Å²) < 4.78 is 20.0. The van der Waals surface area contributed by atoms with E-state index in [0.717, 1.165) is 5.56 Å². The molecule has 0 aliphatic carbocycles. The van der Waals surface area contributed by atoms with E-state index in [2.05, 4.69) is 5.10 Å². The molecular formula is C12H13ClFN3O. The third-order valence-electron chi connectivity index (χ3n) is 2.81. The van der Waals surface area contributed by atoms with E-state index in [4.69, 9.17) is 22.1 Å². The number of benzene rings is 1. The van der Waals surface area contributed by atoms with Gasteiger partial charge in [0, 0.05) is 0 Å². The molecule has 96 valence electrons. The van der Waals surface area contributed by atoms with Crippen LogP contribution in [0.1, 0.15) is 18.5 Å². The second-order valence-electron chi connectivity index (χ2n) is 3.89. The second-order valence-corrected chi connectivity index (χ2v) is 4.30. The number of nitrogens with two attached hydrogens (primary N) is 1. The fraction of sp³-hybridized carbons (Fsp3) is 0.250. The van der Waals surface area contributed by atoms with Crippen molar-refractivity contribution in [3.8, 4) is 5.75 Å². The van der Waals surface area contributed by atoms with E-state index in [9.17, 15) is 4.39 Å². The number of hydrogen-bond donors (Lipinski definition) is 1. The molecule has 0 aliphatic heterocycles. The highest BCUT2D eigenvalue weighted by Gasteiger charge is 2.15. The largest absolute Gasteiger partial charge is 0.494 e. The molecule has 1 aromatic heterocycles. The Labute approximate surface area is 109 Å². The van der Waals surface area contributed by atoms with Crippen LogP contribution in [-0.4, -0.2) is 16.9 Å². The number of ether oxygens (including phenoxy) is 1. The summed E-state index contributed by atoms with van der Waals surface area (Å²) in [4.78, 5) is 0. The number of methoxy groups -OCH3 is 1. The fourth-order valence-electron chi connectivity index (χ4n) is 1.74. The fourth-order valence-corrected chi connectivity index (χ4v) is 1.87. The summed E-state index contributed by atoms with van der Waals surface area (Å²) in [6.07, 6.45) is 1.47. The van der Waals surface area contributed by atoms with Gasteiger partial charge in [0.1, 0.15) is 10.8 Å². The standard InChI is InChI=1S/C12H13ClFN3O/c1-7(17-12(15)9(13)6-16-17)8-3-4-11(18-2)10(14)5-8/h3-7H,15H2,1-2H3.